The minimum atomic E-state index is -3.63. The normalized spacial score (nSPS) is 8.67. The molecule has 0 aromatic carbocycles. The zero-order chi connectivity index (χ0) is 7.70. The second-order valence-electron chi connectivity index (χ2n) is 0.943. The summed E-state index contributed by atoms with van der Waals surface area (Å²) in [4.78, 5) is 17.0. The van der Waals surface area contributed by atoms with Gasteiger partial charge in [0.25, 0.3) is 0 Å². The monoisotopic (exact) mass is 264 g/mol. The molecule has 0 radical (unpaired) electrons. The van der Waals surface area contributed by atoms with Gasteiger partial charge in [-0.2, -0.15) is 0 Å². The Morgan fingerprint density at radius 1 is 1.56 bits per heavy atom. The molecule has 3 nitrogen and oxygen atoms in total. The summed E-state index contributed by atoms with van der Waals surface area (Å²) >= 11 is 7.98. The van der Waals surface area contributed by atoms with Crippen molar-refractivity contribution in [2.45, 2.75) is 11.7 Å². The van der Waals surface area contributed by atoms with Gasteiger partial charge in [-0.05, 0) is 0 Å². The fourth-order valence-corrected chi connectivity index (χ4v) is 0.863. The van der Waals surface area contributed by atoms with Crippen LogP contribution in [0.5, 0.6) is 0 Å². The van der Waals surface area contributed by atoms with E-state index in [-0.39, 0.29) is 0 Å². The Morgan fingerprint density at radius 2 is 1.89 bits per heavy atom. The van der Waals surface area contributed by atoms with Gasteiger partial charge in [0.15, 0.2) is 0 Å². The molecular weight excluding hydrogens is 258 g/mol. The maximum absolute atomic E-state index is 8.52. The van der Waals surface area contributed by atoms with Crippen LogP contribution in [0.4, 0.5) is 0 Å². The Bertz CT molecular complexity index is 66.1. The number of halogens is 1. The van der Waals surface area contributed by atoms with Crippen LogP contribution in [0.15, 0.2) is 0 Å². The SMILES string of the molecule is O=[PH]([O-])[O-].[Cu+2][CH2]CCBr. The van der Waals surface area contributed by atoms with Gasteiger partial charge in [0, 0.05) is 0 Å². The summed E-state index contributed by atoms with van der Waals surface area (Å²) in [5.74, 6) is 0. The van der Waals surface area contributed by atoms with Crippen LogP contribution in [0.3, 0.4) is 0 Å². The molecule has 0 unspecified atom stereocenters. The second-order valence-corrected chi connectivity index (χ2v) is 2.71. The van der Waals surface area contributed by atoms with Crippen LogP contribution in [-0.2, 0) is 20.6 Å². The number of alkyl halides is 1. The number of hydrogen-bond acceptors (Lipinski definition) is 3. The van der Waals surface area contributed by atoms with Crippen molar-refractivity contribution in [3.63, 3.8) is 0 Å². The van der Waals surface area contributed by atoms with Crippen LogP contribution < -0.4 is 9.79 Å². The van der Waals surface area contributed by atoms with Gasteiger partial charge in [-0.3, -0.25) is 0 Å². The Hall–Kier alpha value is 1.15. The molecule has 0 saturated carbocycles. The average Bonchev–Trinajstić information content (AvgIpc) is 1.66. The molecule has 0 saturated heterocycles. The van der Waals surface area contributed by atoms with Crippen molar-refractivity contribution >= 4 is 24.2 Å². The van der Waals surface area contributed by atoms with Crippen LogP contribution >= 0.6 is 24.2 Å². The zero-order valence-electron chi connectivity index (χ0n) is 4.53. The van der Waals surface area contributed by atoms with Crippen LogP contribution in [0, 0.1) is 0 Å². The summed E-state index contributed by atoms with van der Waals surface area (Å²) in [5, 5.41) is 1.91. The van der Waals surface area contributed by atoms with Gasteiger partial charge in [0.2, 0.25) is 0 Å². The fraction of sp³-hybridized carbons (Fsp3) is 1.00. The predicted molar refractivity (Wildman–Crippen MR) is 32.2 cm³/mol. The third kappa shape index (κ3) is 47.1. The third-order valence-electron chi connectivity index (χ3n) is 0.240. The van der Waals surface area contributed by atoms with Crippen LogP contribution in [0.1, 0.15) is 6.42 Å². The molecule has 0 spiro atoms. The van der Waals surface area contributed by atoms with Crippen molar-refractivity contribution < 1.29 is 30.4 Å². The van der Waals surface area contributed by atoms with Crippen molar-refractivity contribution in [1.29, 1.82) is 0 Å². The summed E-state index contributed by atoms with van der Waals surface area (Å²) in [7, 11) is -3.63. The van der Waals surface area contributed by atoms with Crippen molar-refractivity contribution in [1.82, 2.24) is 0 Å². The Labute approximate surface area is 71.7 Å². The zero-order valence-corrected chi connectivity index (χ0v) is 8.05. The van der Waals surface area contributed by atoms with E-state index in [0.717, 1.165) is 17.1 Å². The molecule has 6 heteroatoms. The van der Waals surface area contributed by atoms with E-state index in [1.807, 2.05) is 0 Å². The molecule has 0 aliphatic rings. The molecule has 0 amide bonds. The van der Waals surface area contributed by atoms with Gasteiger partial charge in [-0.1, -0.05) is 8.25 Å². The standard InChI is InChI=1S/C3H6Br.Cu.H3O3P/c1-2-3-4;;1-4(2)3/h1-3H2;;4H,(H2,1,2,3)/q;+2;/p-2. The first-order chi connectivity index (χ1) is 4.15. The number of hydrogen-bond donors (Lipinski definition) is 0. The van der Waals surface area contributed by atoms with E-state index in [1.165, 1.54) is 0 Å². The number of rotatable bonds is 2. The fourth-order valence-electron chi connectivity index (χ4n) is 0.0403. The molecule has 0 atom stereocenters. The quantitative estimate of drug-likeness (QED) is 0.396. The van der Waals surface area contributed by atoms with Gasteiger partial charge in [-0.15, -0.1) is 0 Å². The van der Waals surface area contributed by atoms with E-state index in [0.29, 0.717) is 0 Å². The Kier molecular flexibility index (Phi) is 16.9. The van der Waals surface area contributed by atoms with E-state index in [2.05, 4.69) is 15.9 Å². The minimum absolute atomic E-state index is 0.859. The van der Waals surface area contributed by atoms with Crippen LogP contribution in [0.25, 0.3) is 0 Å². The van der Waals surface area contributed by atoms with Crippen LogP contribution in [0.2, 0.25) is 5.32 Å². The molecule has 0 rings (SSSR count). The van der Waals surface area contributed by atoms with Crippen molar-refractivity contribution in [3.05, 3.63) is 0 Å². The molecule has 0 aromatic rings. The molecule has 60 valence electrons. The third-order valence-corrected chi connectivity index (χ3v) is 1.13. The summed E-state index contributed by atoms with van der Waals surface area (Å²) in [6.07, 6.45) is 1.11. The summed E-state index contributed by atoms with van der Waals surface area (Å²) < 4.78 is 8.52. The van der Waals surface area contributed by atoms with Crippen LogP contribution in [-0.4, -0.2) is 5.33 Å². The molecule has 0 aromatic heterocycles. The van der Waals surface area contributed by atoms with Gasteiger partial charge in [0.1, 0.15) is 0 Å². The average molecular weight is 266 g/mol. The van der Waals surface area contributed by atoms with E-state index in [9.17, 15) is 0 Å². The summed E-state index contributed by atoms with van der Waals surface area (Å²) in [6.45, 7) is 0. The molecule has 9 heavy (non-hydrogen) atoms. The van der Waals surface area contributed by atoms with Crippen molar-refractivity contribution in [2.24, 2.45) is 0 Å². The van der Waals surface area contributed by atoms with Crippen molar-refractivity contribution in [2.75, 3.05) is 5.33 Å². The molecule has 0 heterocycles. The first kappa shape index (κ1) is 12.8. The molecule has 0 aliphatic heterocycles. The molecule has 0 aliphatic carbocycles. The molecular formula is C3H7BrCuO3P. The van der Waals surface area contributed by atoms with Gasteiger partial charge >= 0.3 is 49.0 Å². The first-order valence-corrected chi connectivity index (χ1v) is 5.10. The van der Waals surface area contributed by atoms with E-state index < -0.39 is 8.25 Å². The topological polar surface area (TPSA) is 63.2 Å². The molecule has 0 fully saturated rings. The van der Waals surface area contributed by atoms with E-state index >= 15 is 0 Å². The summed E-state index contributed by atoms with van der Waals surface area (Å²) in [6, 6.07) is 0. The van der Waals surface area contributed by atoms with Crippen molar-refractivity contribution in [3.8, 4) is 0 Å². The first-order valence-electron chi connectivity index (χ1n) is 2.09. The molecule has 0 bridgehead atoms. The van der Waals surface area contributed by atoms with Gasteiger partial charge < -0.3 is 14.4 Å². The predicted octanol–water partition coefficient (Wildman–Crippen LogP) is -0.167. The van der Waals surface area contributed by atoms with Gasteiger partial charge in [0.05, 0.1) is 0 Å². The Balaban J connectivity index is 0. The van der Waals surface area contributed by atoms with E-state index in [1.54, 1.807) is 0 Å². The second kappa shape index (κ2) is 11.9. The Morgan fingerprint density at radius 3 is 1.89 bits per heavy atom. The van der Waals surface area contributed by atoms with E-state index in [4.69, 9.17) is 30.4 Å². The maximum atomic E-state index is 8.52. The van der Waals surface area contributed by atoms with Gasteiger partial charge in [-0.25, -0.2) is 0 Å². The molecule has 0 N–H and O–H groups in total. The summed E-state index contributed by atoms with van der Waals surface area (Å²) in [5.41, 5.74) is 0.